The lowest BCUT2D eigenvalue weighted by Gasteiger charge is -2.26. The Morgan fingerprint density at radius 2 is 2.04 bits per heavy atom. The first-order valence-electron chi connectivity index (χ1n) is 8.55. The molecule has 0 spiro atoms. The van der Waals surface area contributed by atoms with Crippen molar-refractivity contribution >= 4 is 27.5 Å². The Bertz CT molecular complexity index is 988. The number of sulfone groups is 1. The highest BCUT2D eigenvalue weighted by atomic mass is 32.2. The normalized spacial score (nSPS) is 14.7. The highest BCUT2D eigenvalue weighted by Crippen LogP contribution is 2.26. The minimum atomic E-state index is -3.28. The fourth-order valence-electron chi connectivity index (χ4n) is 3.10. The zero-order valence-electron chi connectivity index (χ0n) is 15.2. The van der Waals surface area contributed by atoms with Gasteiger partial charge in [0.1, 0.15) is 21.7 Å². The summed E-state index contributed by atoms with van der Waals surface area (Å²) in [5.41, 5.74) is 2.30. The molecule has 1 aromatic carbocycles. The monoisotopic (exact) mass is 387 g/mol. The van der Waals surface area contributed by atoms with Crippen LogP contribution in [0.2, 0.25) is 0 Å². The summed E-state index contributed by atoms with van der Waals surface area (Å²) in [6.07, 6.45) is 2.72. The third-order valence-corrected chi connectivity index (χ3v) is 5.43. The lowest BCUT2D eigenvalue weighted by molar-refractivity contribution is -0.120. The number of aromatic nitrogens is 1. The molecular formula is C19H21N3O4S. The standard InChI is InChI=1S/C19H21N3O4S/c1-13-7-9-20-17(11-13)21-18(23)16(8-10-27(2,25)26)22-12-14-5-3-4-6-15(14)19(22)24/h3-7,9,11,16H,8,10,12H2,1-2H3,(H,20,21,23)/t16-/m0/s1. The molecule has 27 heavy (non-hydrogen) atoms. The van der Waals surface area contributed by atoms with Crippen molar-refractivity contribution in [2.24, 2.45) is 0 Å². The van der Waals surface area contributed by atoms with Crippen LogP contribution in [-0.2, 0) is 21.2 Å². The number of hydrogen-bond acceptors (Lipinski definition) is 5. The van der Waals surface area contributed by atoms with Gasteiger partial charge >= 0.3 is 0 Å². The minimum Gasteiger partial charge on any atom is -0.322 e. The predicted octanol–water partition coefficient (Wildman–Crippen LogP) is 1.79. The second-order valence-corrected chi connectivity index (χ2v) is 8.99. The zero-order chi connectivity index (χ0) is 19.6. The van der Waals surface area contributed by atoms with Crippen LogP contribution in [0.4, 0.5) is 5.82 Å². The maximum Gasteiger partial charge on any atom is 0.255 e. The SMILES string of the molecule is Cc1ccnc(NC(=O)[C@H](CCS(C)(=O)=O)N2Cc3ccccc3C2=O)c1. The van der Waals surface area contributed by atoms with E-state index in [2.05, 4.69) is 10.3 Å². The molecule has 7 nitrogen and oxygen atoms in total. The van der Waals surface area contributed by atoms with Crippen LogP contribution in [0.1, 0.15) is 27.9 Å². The molecule has 2 aromatic rings. The number of aryl methyl sites for hydroxylation is 1. The lowest BCUT2D eigenvalue weighted by Crippen LogP contribution is -2.45. The Morgan fingerprint density at radius 3 is 2.70 bits per heavy atom. The zero-order valence-corrected chi connectivity index (χ0v) is 16.0. The molecule has 0 unspecified atom stereocenters. The Labute approximate surface area is 158 Å². The summed E-state index contributed by atoms with van der Waals surface area (Å²) in [5.74, 6) is -0.533. The first-order valence-corrected chi connectivity index (χ1v) is 10.6. The maximum absolute atomic E-state index is 12.9. The van der Waals surface area contributed by atoms with Crippen LogP contribution in [0, 0.1) is 6.92 Å². The van der Waals surface area contributed by atoms with Crippen LogP contribution in [0.15, 0.2) is 42.6 Å². The van der Waals surface area contributed by atoms with Gasteiger partial charge < -0.3 is 10.2 Å². The molecule has 142 valence electrons. The van der Waals surface area contributed by atoms with E-state index >= 15 is 0 Å². The molecule has 0 aliphatic carbocycles. The molecule has 3 rings (SSSR count). The van der Waals surface area contributed by atoms with Gasteiger partial charge in [0, 0.05) is 24.6 Å². The van der Waals surface area contributed by atoms with Gasteiger partial charge in [-0.2, -0.15) is 0 Å². The van der Waals surface area contributed by atoms with E-state index in [-0.39, 0.29) is 24.6 Å². The molecule has 0 saturated carbocycles. The van der Waals surface area contributed by atoms with Crippen LogP contribution in [-0.4, -0.2) is 48.2 Å². The molecule has 1 aromatic heterocycles. The molecule has 2 amide bonds. The second kappa shape index (κ2) is 7.48. The molecule has 1 N–H and O–H groups in total. The van der Waals surface area contributed by atoms with E-state index in [0.717, 1.165) is 17.4 Å². The van der Waals surface area contributed by atoms with E-state index < -0.39 is 21.8 Å². The van der Waals surface area contributed by atoms with Gasteiger partial charge in [0.15, 0.2) is 0 Å². The summed E-state index contributed by atoms with van der Waals surface area (Å²) in [6, 6.07) is 9.76. The molecule has 0 bridgehead atoms. The van der Waals surface area contributed by atoms with Crippen molar-refractivity contribution < 1.29 is 18.0 Å². The number of benzene rings is 1. The lowest BCUT2D eigenvalue weighted by atomic mass is 10.1. The van der Waals surface area contributed by atoms with Crippen LogP contribution in [0.5, 0.6) is 0 Å². The summed E-state index contributed by atoms with van der Waals surface area (Å²) in [4.78, 5) is 31.2. The third kappa shape index (κ3) is 4.51. The van der Waals surface area contributed by atoms with Crippen molar-refractivity contribution in [3.8, 4) is 0 Å². The van der Waals surface area contributed by atoms with E-state index in [1.54, 1.807) is 30.5 Å². The summed E-state index contributed by atoms with van der Waals surface area (Å²) >= 11 is 0. The molecule has 1 aliphatic heterocycles. The van der Waals surface area contributed by atoms with Crippen LogP contribution < -0.4 is 5.32 Å². The predicted molar refractivity (Wildman–Crippen MR) is 102 cm³/mol. The molecule has 1 atom stereocenters. The molecule has 2 heterocycles. The Morgan fingerprint density at radius 1 is 1.30 bits per heavy atom. The average Bonchev–Trinajstić information content (AvgIpc) is 2.91. The number of nitrogens with zero attached hydrogens (tertiary/aromatic N) is 2. The van der Waals surface area contributed by atoms with Crippen molar-refractivity contribution in [1.29, 1.82) is 0 Å². The van der Waals surface area contributed by atoms with Gasteiger partial charge in [0.25, 0.3) is 5.91 Å². The summed E-state index contributed by atoms with van der Waals surface area (Å²) < 4.78 is 23.3. The quantitative estimate of drug-likeness (QED) is 0.815. The van der Waals surface area contributed by atoms with E-state index in [4.69, 9.17) is 0 Å². The van der Waals surface area contributed by atoms with E-state index in [9.17, 15) is 18.0 Å². The van der Waals surface area contributed by atoms with E-state index in [1.165, 1.54) is 4.90 Å². The minimum absolute atomic E-state index is 0.0240. The largest absolute Gasteiger partial charge is 0.322 e. The van der Waals surface area contributed by atoms with Gasteiger partial charge in [-0.3, -0.25) is 9.59 Å². The number of amides is 2. The molecule has 0 radical (unpaired) electrons. The number of pyridine rings is 1. The number of anilines is 1. The van der Waals surface area contributed by atoms with Crippen molar-refractivity contribution in [3.05, 3.63) is 59.3 Å². The molecular weight excluding hydrogens is 366 g/mol. The van der Waals surface area contributed by atoms with Gasteiger partial charge in [-0.05, 0) is 42.7 Å². The Kier molecular flexibility index (Phi) is 5.27. The highest BCUT2D eigenvalue weighted by Gasteiger charge is 2.36. The van der Waals surface area contributed by atoms with Crippen molar-refractivity contribution in [2.75, 3.05) is 17.3 Å². The maximum atomic E-state index is 12.9. The van der Waals surface area contributed by atoms with Gasteiger partial charge in [-0.25, -0.2) is 13.4 Å². The number of fused-ring (bicyclic) bond motifs is 1. The van der Waals surface area contributed by atoms with Crippen molar-refractivity contribution in [3.63, 3.8) is 0 Å². The number of nitrogens with one attached hydrogen (secondary N) is 1. The van der Waals surface area contributed by atoms with Crippen molar-refractivity contribution in [1.82, 2.24) is 9.88 Å². The number of carbonyl (C=O) groups excluding carboxylic acids is 2. The van der Waals surface area contributed by atoms with Gasteiger partial charge in [-0.1, -0.05) is 18.2 Å². The fraction of sp³-hybridized carbons (Fsp3) is 0.316. The van der Waals surface area contributed by atoms with Crippen molar-refractivity contribution in [2.45, 2.75) is 25.9 Å². The molecule has 1 aliphatic rings. The number of rotatable bonds is 6. The topological polar surface area (TPSA) is 96.4 Å². The second-order valence-electron chi connectivity index (χ2n) is 6.73. The molecule has 8 heteroatoms. The molecule has 0 fully saturated rings. The third-order valence-electron chi connectivity index (χ3n) is 4.46. The highest BCUT2D eigenvalue weighted by molar-refractivity contribution is 7.90. The van der Waals surface area contributed by atoms with Gasteiger partial charge in [-0.15, -0.1) is 0 Å². The smallest absolute Gasteiger partial charge is 0.255 e. The van der Waals surface area contributed by atoms with E-state index in [1.807, 2.05) is 19.1 Å². The first-order chi connectivity index (χ1) is 12.7. The van der Waals surface area contributed by atoms with Crippen LogP contribution >= 0.6 is 0 Å². The fourth-order valence-corrected chi connectivity index (χ4v) is 3.75. The van der Waals surface area contributed by atoms with Gasteiger partial charge in [0.05, 0.1) is 5.75 Å². The Balaban J connectivity index is 1.85. The van der Waals surface area contributed by atoms with Crippen LogP contribution in [0.3, 0.4) is 0 Å². The average molecular weight is 387 g/mol. The summed E-state index contributed by atoms with van der Waals surface area (Å²) in [5, 5.41) is 2.70. The first kappa shape index (κ1) is 19.0. The molecule has 0 saturated heterocycles. The summed E-state index contributed by atoms with van der Waals surface area (Å²) in [7, 11) is -3.28. The van der Waals surface area contributed by atoms with Gasteiger partial charge in [0.2, 0.25) is 5.91 Å². The number of hydrogen-bond donors (Lipinski definition) is 1. The number of carbonyl (C=O) groups is 2. The Hall–Kier alpha value is -2.74. The summed E-state index contributed by atoms with van der Waals surface area (Å²) in [6.45, 7) is 2.15. The van der Waals surface area contributed by atoms with E-state index in [0.29, 0.717) is 11.4 Å². The van der Waals surface area contributed by atoms with Crippen LogP contribution in [0.25, 0.3) is 0 Å².